The number of nitrogens with one attached hydrogen (secondary N) is 2. The molecule has 0 aromatic carbocycles. The van der Waals surface area contributed by atoms with E-state index in [-0.39, 0.29) is 23.9 Å². The number of hydrogen-bond donors (Lipinski definition) is 3. The third-order valence-electron chi connectivity index (χ3n) is 2.34. The molecule has 0 heterocycles. The van der Waals surface area contributed by atoms with Crippen molar-refractivity contribution >= 4 is 11.8 Å². The summed E-state index contributed by atoms with van der Waals surface area (Å²) in [5.74, 6) is -0.452. The van der Waals surface area contributed by atoms with Gasteiger partial charge < -0.3 is 16.4 Å². The van der Waals surface area contributed by atoms with Crippen LogP contribution in [0.3, 0.4) is 0 Å². The standard InChI is InChI=1S/C11H23N3O2/c1-7(2)14-9(15)8(3)13-6-11(4,5)10(12)16/h7-8,13H,6H2,1-5H3,(H2,12,16)(H,14,15). The summed E-state index contributed by atoms with van der Waals surface area (Å²) in [7, 11) is 0. The number of carbonyl (C=O) groups is 2. The highest BCUT2D eigenvalue weighted by molar-refractivity contribution is 5.82. The maximum Gasteiger partial charge on any atom is 0.237 e. The molecule has 4 N–H and O–H groups in total. The Bertz CT molecular complexity index is 262. The van der Waals surface area contributed by atoms with Crippen LogP contribution in [0.5, 0.6) is 0 Å². The molecule has 1 atom stereocenters. The zero-order valence-corrected chi connectivity index (χ0v) is 10.8. The van der Waals surface area contributed by atoms with E-state index >= 15 is 0 Å². The van der Waals surface area contributed by atoms with Crippen LogP contribution < -0.4 is 16.4 Å². The Morgan fingerprint density at radius 3 is 2.12 bits per heavy atom. The summed E-state index contributed by atoms with van der Waals surface area (Å²) in [6.45, 7) is 9.44. The summed E-state index contributed by atoms with van der Waals surface area (Å²) >= 11 is 0. The summed E-state index contributed by atoms with van der Waals surface area (Å²) in [4.78, 5) is 22.6. The molecule has 16 heavy (non-hydrogen) atoms. The number of carbonyl (C=O) groups excluding carboxylic acids is 2. The van der Waals surface area contributed by atoms with Gasteiger partial charge in [0, 0.05) is 12.6 Å². The van der Waals surface area contributed by atoms with Gasteiger partial charge in [-0.25, -0.2) is 0 Å². The van der Waals surface area contributed by atoms with E-state index in [1.54, 1.807) is 20.8 Å². The van der Waals surface area contributed by atoms with Gasteiger partial charge in [0.25, 0.3) is 0 Å². The van der Waals surface area contributed by atoms with Crippen LogP contribution in [-0.2, 0) is 9.59 Å². The van der Waals surface area contributed by atoms with E-state index in [0.29, 0.717) is 6.54 Å². The lowest BCUT2D eigenvalue weighted by Crippen LogP contribution is -2.49. The first-order valence-corrected chi connectivity index (χ1v) is 5.50. The molecular formula is C11H23N3O2. The van der Waals surface area contributed by atoms with Gasteiger partial charge in [-0.1, -0.05) is 0 Å². The molecule has 5 nitrogen and oxygen atoms in total. The lowest BCUT2D eigenvalue weighted by Gasteiger charge is -2.24. The highest BCUT2D eigenvalue weighted by Gasteiger charge is 2.26. The zero-order chi connectivity index (χ0) is 12.9. The lowest BCUT2D eigenvalue weighted by atomic mass is 9.92. The van der Waals surface area contributed by atoms with Crippen molar-refractivity contribution in [3.63, 3.8) is 0 Å². The van der Waals surface area contributed by atoms with Crippen molar-refractivity contribution in [3.8, 4) is 0 Å². The van der Waals surface area contributed by atoms with Crippen LogP contribution in [0.25, 0.3) is 0 Å². The Kier molecular flexibility index (Phi) is 5.44. The average Bonchev–Trinajstić information content (AvgIpc) is 2.12. The van der Waals surface area contributed by atoms with E-state index in [4.69, 9.17) is 5.73 Å². The van der Waals surface area contributed by atoms with Crippen molar-refractivity contribution in [1.82, 2.24) is 10.6 Å². The monoisotopic (exact) mass is 229 g/mol. The number of amides is 2. The summed E-state index contributed by atoms with van der Waals surface area (Å²) in [5.41, 5.74) is 4.59. The van der Waals surface area contributed by atoms with Crippen molar-refractivity contribution in [3.05, 3.63) is 0 Å². The fourth-order valence-corrected chi connectivity index (χ4v) is 0.998. The second-order valence-corrected chi connectivity index (χ2v) is 5.01. The molecule has 0 radical (unpaired) electrons. The van der Waals surface area contributed by atoms with E-state index < -0.39 is 5.41 Å². The van der Waals surface area contributed by atoms with Gasteiger partial charge in [0.1, 0.15) is 0 Å². The molecule has 0 aliphatic carbocycles. The number of nitrogens with two attached hydrogens (primary N) is 1. The molecule has 0 saturated carbocycles. The lowest BCUT2D eigenvalue weighted by molar-refractivity contribution is -0.127. The third kappa shape index (κ3) is 5.11. The first-order chi connectivity index (χ1) is 7.16. The molecule has 0 spiro atoms. The first-order valence-electron chi connectivity index (χ1n) is 5.50. The summed E-state index contributed by atoms with van der Waals surface area (Å²) in [5, 5.41) is 5.79. The molecule has 0 aliphatic rings. The van der Waals surface area contributed by atoms with Gasteiger partial charge >= 0.3 is 0 Å². The first kappa shape index (κ1) is 14.9. The van der Waals surface area contributed by atoms with Crippen LogP contribution in [0.15, 0.2) is 0 Å². The van der Waals surface area contributed by atoms with E-state index in [2.05, 4.69) is 10.6 Å². The summed E-state index contributed by atoms with van der Waals surface area (Å²) in [6.07, 6.45) is 0. The highest BCUT2D eigenvalue weighted by atomic mass is 16.2. The Hall–Kier alpha value is -1.10. The minimum absolute atomic E-state index is 0.0738. The van der Waals surface area contributed by atoms with Crippen molar-refractivity contribution in [2.45, 2.75) is 46.7 Å². The normalized spacial score (nSPS) is 13.6. The quantitative estimate of drug-likeness (QED) is 0.599. The molecule has 0 saturated heterocycles. The molecule has 0 fully saturated rings. The van der Waals surface area contributed by atoms with E-state index in [9.17, 15) is 9.59 Å². The molecule has 2 amide bonds. The Balaban J connectivity index is 4.12. The summed E-state index contributed by atoms with van der Waals surface area (Å²) in [6, 6.07) is -0.220. The SMILES string of the molecule is CC(C)NC(=O)C(C)NCC(C)(C)C(N)=O. The average molecular weight is 229 g/mol. The zero-order valence-electron chi connectivity index (χ0n) is 10.8. The Morgan fingerprint density at radius 1 is 1.25 bits per heavy atom. The van der Waals surface area contributed by atoms with E-state index in [1.165, 1.54) is 0 Å². The maximum absolute atomic E-state index is 11.6. The largest absolute Gasteiger partial charge is 0.369 e. The van der Waals surface area contributed by atoms with Gasteiger partial charge in [0.2, 0.25) is 11.8 Å². The highest BCUT2D eigenvalue weighted by Crippen LogP contribution is 2.12. The van der Waals surface area contributed by atoms with Crippen LogP contribution >= 0.6 is 0 Å². The van der Waals surface area contributed by atoms with Gasteiger partial charge in [-0.2, -0.15) is 0 Å². The minimum atomic E-state index is -0.646. The summed E-state index contributed by atoms with van der Waals surface area (Å²) < 4.78 is 0. The molecule has 1 unspecified atom stereocenters. The van der Waals surface area contributed by atoms with Gasteiger partial charge in [0.15, 0.2) is 0 Å². The molecule has 5 heteroatoms. The number of primary amides is 1. The Labute approximate surface area is 97.2 Å². The van der Waals surface area contributed by atoms with Gasteiger partial charge in [-0.15, -0.1) is 0 Å². The van der Waals surface area contributed by atoms with Crippen molar-refractivity contribution in [1.29, 1.82) is 0 Å². The maximum atomic E-state index is 11.6. The van der Waals surface area contributed by atoms with Crippen LogP contribution in [0.1, 0.15) is 34.6 Å². The van der Waals surface area contributed by atoms with Gasteiger partial charge in [0.05, 0.1) is 11.5 Å². The molecule has 94 valence electrons. The fraction of sp³-hybridized carbons (Fsp3) is 0.818. The number of hydrogen-bond acceptors (Lipinski definition) is 3. The minimum Gasteiger partial charge on any atom is -0.369 e. The van der Waals surface area contributed by atoms with Crippen LogP contribution in [0, 0.1) is 5.41 Å². The Morgan fingerprint density at radius 2 is 1.75 bits per heavy atom. The number of rotatable bonds is 6. The van der Waals surface area contributed by atoms with Crippen LogP contribution in [-0.4, -0.2) is 30.4 Å². The van der Waals surface area contributed by atoms with E-state index in [1.807, 2.05) is 13.8 Å². The van der Waals surface area contributed by atoms with Crippen molar-refractivity contribution in [2.24, 2.45) is 11.1 Å². The smallest absolute Gasteiger partial charge is 0.237 e. The second kappa shape index (κ2) is 5.84. The predicted molar refractivity (Wildman–Crippen MR) is 63.7 cm³/mol. The second-order valence-electron chi connectivity index (χ2n) is 5.01. The topological polar surface area (TPSA) is 84.2 Å². The van der Waals surface area contributed by atoms with Crippen LogP contribution in [0.4, 0.5) is 0 Å². The van der Waals surface area contributed by atoms with Gasteiger partial charge in [-0.05, 0) is 34.6 Å². The fourth-order valence-electron chi connectivity index (χ4n) is 0.998. The van der Waals surface area contributed by atoms with Crippen molar-refractivity contribution < 1.29 is 9.59 Å². The van der Waals surface area contributed by atoms with E-state index in [0.717, 1.165) is 0 Å². The van der Waals surface area contributed by atoms with Crippen molar-refractivity contribution in [2.75, 3.05) is 6.54 Å². The van der Waals surface area contributed by atoms with Crippen LogP contribution in [0.2, 0.25) is 0 Å². The molecule has 0 aromatic rings. The molecular weight excluding hydrogens is 206 g/mol. The molecule has 0 bridgehead atoms. The molecule has 0 aliphatic heterocycles. The predicted octanol–water partition coefficient (Wildman–Crippen LogP) is 0.000600. The molecule has 0 rings (SSSR count). The molecule has 0 aromatic heterocycles. The third-order valence-corrected chi connectivity index (χ3v) is 2.34. The van der Waals surface area contributed by atoms with Gasteiger partial charge in [-0.3, -0.25) is 9.59 Å².